The van der Waals surface area contributed by atoms with Crippen LogP contribution in [0.4, 0.5) is 5.82 Å². The number of H-pyrrole nitrogens is 1. The molecule has 8 nitrogen and oxygen atoms in total. The molecule has 3 rings (SSSR count). The monoisotopic (exact) mass is 437 g/mol. The molecule has 160 valence electrons. The molecule has 3 aromatic rings. The van der Waals surface area contributed by atoms with E-state index in [0.29, 0.717) is 11.4 Å². The summed E-state index contributed by atoms with van der Waals surface area (Å²) in [5.74, 6) is -0.210. The van der Waals surface area contributed by atoms with E-state index >= 15 is 0 Å². The number of hydrogen-bond donors (Lipinski definition) is 2. The normalized spacial score (nSPS) is 11.3. The van der Waals surface area contributed by atoms with E-state index in [9.17, 15) is 13.2 Å². The van der Waals surface area contributed by atoms with Gasteiger partial charge in [0.15, 0.2) is 5.82 Å². The van der Waals surface area contributed by atoms with Gasteiger partial charge in [0.05, 0.1) is 28.8 Å². The van der Waals surface area contributed by atoms with E-state index < -0.39 is 15.9 Å². The Bertz CT molecular complexity index is 1190. The molecule has 0 bridgehead atoms. The highest BCUT2D eigenvalue weighted by atomic mass is 32.2. The topological polar surface area (TPSA) is 119 Å². The van der Waals surface area contributed by atoms with Crippen LogP contribution in [-0.4, -0.2) is 42.4 Å². The van der Waals surface area contributed by atoms with Gasteiger partial charge in [0.1, 0.15) is 0 Å². The van der Waals surface area contributed by atoms with Crippen molar-refractivity contribution in [3.8, 4) is 17.3 Å². The van der Waals surface area contributed by atoms with Gasteiger partial charge in [-0.05, 0) is 41.8 Å². The summed E-state index contributed by atoms with van der Waals surface area (Å²) in [6, 6.07) is 17.2. The van der Waals surface area contributed by atoms with Gasteiger partial charge in [0.2, 0.25) is 15.9 Å². The van der Waals surface area contributed by atoms with E-state index in [-0.39, 0.29) is 11.4 Å². The number of carbonyl (C=O) groups is 1. The Hall–Kier alpha value is -3.48. The van der Waals surface area contributed by atoms with E-state index in [1.54, 1.807) is 6.07 Å². The van der Waals surface area contributed by atoms with Crippen LogP contribution in [0.1, 0.15) is 24.5 Å². The number of aromatic nitrogens is 2. The molecule has 0 saturated heterocycles. The van der Waals surface area contributed by atoms with Crippen LogP contribution >= 0.6 is 0 Å². The molecule has 0 radical (unpaired) electrons. The lowest BCUT2D eigenvalue weighted by Gasteiger charge is -2.16. The Kier molecular flexibility index (Phi) is 6.84. The molecule has 31 heavy (non-hydrogen) atoms. The summed E-state index contributed by atoms with van der Waals surface area (Å²) in [4.78, 5) is 12.4. The van der Waals surface area contributed by atoms with Crippen LogP contribution in [-0.2, 0) is 21.2 Å². The third-order valence-corrected chi connectivity index (χ3v) is 6.52. The molecule has 2 N–H and O–H groups in total. The number of anilines is 1. The predicted octanol–water partition coefficient (Wildman–Crippen LogP) is 3.16. The standard InChI is InChI=1S/C22H23N5O3S/c1-3-4-16-5-9-18(10-6-16)20-13-21(26-25-20)24-22(28)15-27(2)31(29,30)19-11-7-17(14-23)8-12-19/h5-13H,3-4,15H2,1-2H3,(H2,24,25,26,28). The van der Waals surface area contributed by atoms with Gasteiger partial charge in [0.25, 0.3) is 0 Å². The van der Waals surface area contributed by atoms with Crippen molar-refractivity contribution in [1.82, 2.24) is 14.5 Å². The molecule has 1 heterocycles. The molecular formula is C22H23N5O3S. The first-order chi connectivity index (χ1) is 14.8. The number of nitrogens with zero attached hydrogens (tertiary/aromatic N) is 3. The maximum Gasteiger partial charge on any atom is 0.243 e. The molecule has 2 aromatic carbocycles. The van der Waals surface area contributed by atoms with E-state index in [2.05, 4.69) is 34.6 Å². The molecule has 0 saturated carbocycles. The number of rotatable bonds is 8. The van der Waals surface area contributed by atoms with Crippen LogP contribution in [0.2, 0.25) is 0 Å². The predicted molar refractivity (Wildman–Crippen MR) is 118 cm³/mol. The van der Waals surface area contributed by atoms with Gasteiger partial charge in [0, 0.05) is 13.1 Å². The summed E-state index contributed by atoms with van der Waals surface area (Å²) in [6.45, 7) is 1.75. The quantitative estimate of drug-likeness (QED) is 0.561. The average molecular weight is 438 g/mol. The largest absolute Gasteiger partial charge is 0.308 e. The summed E-state index contributed by atoms with van der Waals surface area (Å²) >= 11 is 0. The second-order valence-corrected chi connectivity index (χ2v) is 9.10. The van der Waals surface area contributed by atoms with Crippen molar-refractivity contribution in [3.05, 3.63) is 65.7 Å². The Balaban J connectivity index is 1.63. The number of aromatic amines is 1. The van der Waals surface area contributed by atoms with Crippen LogP contribution < -0.4 is 5.32 Å². The summed E-state index contributed by atoms with van der Waals surface area (Å²) in [6.07, 6.45) is 2.10. The molecule has 0 aliphatic carbocycles. The Morgan fingerprint density at radius 3 is 2.45 bits per heavy atom. The van der Waals surface area contributed by atoms with Gasteiger partial charge in [-0.3, -0.25) is 9.89 Å². The molecule has 0 aliphatic heterocycles. The third kappa shape index (κ3) is 5.36. The number of amides is 1. The number of sulfonamides is 1. The smallest absolute Gasteiger partial charge is 0.243 e. The van der Waals surface area contributed by atoms with Crippen molar-refractivity contribution in [3.63, 3.8) is 0 Å². The molecule has 1 amide bonds. The minimum absolute atomic E-state index is 0.00961. The Labute approximate surface area is 181 Å². The van der Waals surface area contributed by atoms with Crippen LogP contribution in [0.3, 0.4) is 0 Å². The Morgan fingerprint density at radius 1 is 1.16 bits per heavy atom. The lowest BCUT2D eigenvalue weighted by molar-refractivity contribution is -0.116. The Morgan fingerprint density at radius 2 is 1.84 bits per heavy atom. The molecule has 9 heteroatoms. The summed E-state index contributed by atoms with van der Waals surface area (Å²) in [5, 5.41) is 18.4. The first kappa shape index (κ1) is 22.2. The fraction of sp³-hybridized carbons (Fsp3) is 0.227. The third-order valence-electron chi connectivity index (χ3n) is 4.71. The number of aryl methyl sites for hydroxylation is 1. The first-order valence-corrected chi connectivity index (χ1v) is 11.2. The van der Waals surface area contributed by atoms with E-state index in [1.165, 1.54) is 36.9 Å². The summed E-state index contributed by atoms with van der Waals surface area (Å²) < 4.78 is 26.2. The number of nitriles is 1. The summed E-state index contributed by atoms with van der Waals surface area (Å²) in [7, 11) is -2.54. The zero-order valence-corrected chi connectivity index (χ0v) is 18.1. The average Bonchev–Trinajstić information content (AvgIpc) is 3.22. The molecular weight excluding hydrogens is 414 g/mol. The van der Waals surface area contributed by atoms with Crippen LogP contribution in [0.15, 0.2) is 59.5 Å². The highest BCUT2D eigenvalue weighted by Gasteiger charge is 2.23. The number of benzene rings is 2. The van der Waals surface area contributed by atoms with Gasteiger partial charge in [-0.15, -0.1) is 0 Å². The SMILES string of the molecule is CCCc1ccc(-c2cc(NC(=O)CN(C)S(=O)(=O)c3ccc(C#N)cc3)n[nH]2)cc1. The van der Waals surface area contributed by atoms with Crippen molar-refractivity contribution in [1.29, 1.82) is 5.26 Å². The molecule has 0 fully saturated rings. The van der Waals surface area contributed by atoms with Crippen molar-refractivity contribution < 1.29 is 13.2 Å². The van der Waals surface area contributed by atoms with Gasteiger partial charge in [-0.2, -0.15) is 14.7 Å². The fourth-order valence-electron chi connectivity index (χ4n) is 3.02. The van der Waals surface area contributed by atoms with Crippen LogP contribution in [0.25, 0.3) is 11.3 Å². The van der Waals surface area contributed by atoms with Crippen LogP contribution in [0, 0.1) is 11.3 Å². The van der Waals surface area contributed by atoms with Gasteiger partial charge >= 0.3 is 0 Å². The van der Waals surface area contributed by atoms with Crippen molar-refractivity contribution in [2.75, 3.05) is 18.9 Å². The van der Waals surface area contributed by atoms with Crippen molar-refractivity contribution in [2.45, 2.75) is 24.7 Å². The lowest BCUT2D eigenvalue weighted by atomic mass is 10.1. The lowest BCUT2D eigenvalue weighted by Crippen LogP contribution is -2.35. The first-order valence-electron chi connectivity index (χ1n) is 9.74. The minimum Gasteiger partial charge on any atom is -0.308 e. The van der Waals surface area contributed by atoms with E-state index in [1.807, 2.05) is 18.2 Å². The zero-order valence-electron chi connectivity index (χ0n) is 17.3. The number of nitrogens with one attached hydrogen (secondary N) is 2. The molecule has 0 unspecified atom stereocenters. The molecule has 0 aliphatic rings. The van der Waals surface area contributed by atoms with Gasteiger partial charge in [-0.25, -0.2) is 8.42 Å². The maximum absolute atomic E-state index is 12.6. The van der Waals surface area contributed by atoms with E-state index in [4.69, 9.17) is 5.26 Å². The zero-order chi connectivity index (χ0) is 22.4. The number of hydrogen-bond acceptors (Lipinski definition) is 5. The molecule has 0 atom stereocenters. The maximum atomic E-state index is 12.6. The number of carbonyl (C=O) groups excluding carboxylic acids is 1. The number of likely N-dealkylation sites (N-methyl/N-ethyl adjacent to an activating group) is 1. The highest BCUT2D eigenvalue weighted by molar-refractivity contribution is 7.89. The van der Waals surface area contributed by atoms with Gasteiger partial charge in [-0.1, -0.05) is 37.6 Å². The second kappa shape index (κ2) is 9.55. The van der Waals surface area contributed by atoms with Crippen molar-refractivity contribution in [2.24, 2.45) is 0 Å². The molecule has 0 spiro atoms. The minimum atomic E-state index is -3.86. The van der Waals surface area contributed by atoms with Crippen molar-refractivity contribution >= 4 is 21.7 Å². The van der Waals surface area contributed by atoms with Gasteiger partial charge < -0.3 is 5.32 Å². The van der Waals surface area contributed by atoms with E-state index in [0.717, 1.165) is 28.4 Å². The fourth-order valence-corrected chi connectivity index (χ4v) is 4.15. The summed E-state index contributed by atoms with van der Waals surface area (Å²) in [5.41, 5.74) is 3.30. The second-order valence-electron chi connectivity index (χ2n) is 7.06. The highest BCUT2D eigenvalue weighted by Crippen LogP contribution is 2.21. The van der Waals surface area contributed by atoms with Crippen LogP contribution in [0.5, 0.6) is 0 Å². The molecule has 1 aromatic heterocycles.